The van der Waals surface area contributed by atoms with Crippen LogP contribution in [0.5, 0.6) is 0 Å². The first-order chi connectivity index (χ1) is 27.0. The molecule has 10 aromatic rings. The summed E-state index contributed by atoms with van der Waals surface area (Å²) in [6.07, 6.45) is 0. The van der Waals surface area contributed by atoms with E-state index in [4.69, 9.17) is 15.0 Å². The summed E-state index contributed by atoms with van der Waals surface area (Å²) in [4.78, 5) is 16.0. The monoisotopic (exact) mass is 705 g/mol. The lowest BCUT2D eigenvalue weighted by Gasteiger charge is -2.26. The van der Waals surface area contributed by atoms with Crippen molar-refractivity contribution in [2.75, 3.05) is 0 Å². The van der Waals surface area contributed by atoms with Crippen molar-refractivity contribution in [1.29, 1.82) is 0 Å². The van der Waals surface area contributed by atoms with E-state index in [-0.39, 0.29) is 11.3 Å². The molecule has 0 N–H and O–H groups in total. The molecule has 0 radical (unpaired) electrons. The van der Waals surface area contributed by atoms with Gasteiger partial charge in [-0.3, -0.25) is 4.57 Å². The Balaban J connectivity index is 1.16. The largest absolute Gasteiger partial charge is 0.309 e. The van der Waals surface area contributed by atoms with Crippen LogP contribution in [0.25, 0.3) is 89.2 Å². The van der Waals surface area contributed by atoms with E-state index in [9.17, 15) is 0 Å². The van der Waals surface area contributed by atoms with Gasteiger partial charge in [-0.2, -0.15) is 9.97 Å². The van der Waals surface area contributed by atoms with Crippen molar-refractivity contribution in [3.8, 4) is 45.5 Å². The van der Waals surface area contributed by atoms with Crippen molar-refractivity contribution in [1.82, 2.24) is 24.1 Å². The molecule has 5 nitrogen and oxygen atoms in total. The number of fused-ring (bicyclic) bond motifs is 11. The third kappa shape index (κ3) is 4.10. The zero-order valence-corrected chi connectivity index (χ0v) is 30.7. The molecule has 0 saturated heterocycles. The molecule has 1 aliphatic carbocycles. The second kappa shape index (κ2) is 10.9. The predicted molar refractivity (Wildman–Crippen MR) is 224 cm³/mol. The molecule has 1 atom stereocenters. The minimum Gasteiger partial charge on any atom is -0.309 e. The van der Waals surface area contributed by atoms with Gasteiger partial charge in [0.1, 0.15) is 0 Å². The average Bonchev–Trinajstić information content (AvgIpc) is 3.82. The fourth-order valence-corrected chi connectivity index (χ4v) is 9.75. The molecule has 4 heterocycles. The van der Waals surface area contributed by atoms with Crippen molar-refractivity contribution in [2.24, 2.45) is 0 Å². The van der Waals surface area contributed by atoms with E-state index >= 15 is 0 Å². The Labute approximate surface area is 318 Å². The molecule has 1 aliphatic heterocycles. The molecule has 2 aliphatic rings. The van der Waals surface area contributed by atoms with Crippen LogP contribution in [-0.4, -0.2) is 24.1 Å². The maximum atomic E-state index is 5.43. The van der Waals surface area contributed by atoms with Crippen LogP contribution in [0.4, 0.5) is 0 Å². The van der Waals surface area contributed by atoms with Crippen molar-refractivity contribution >= 4 is 43.6 Å². The number of hydrogen-bond donors (Lipinski definition) is 0. The molecular weight excluding hydrogens is 671 g/mol. The smallest absolute Gasteiger partial charge is 0.238 e. The molecular formula is C50H35N5. The quantitative estimate of drug-likeness (QED) is 0.184. The molecule has 3 aromatic heterocycles. The van der Waals surface area contributed by atoms with Crippen LogP contribution in [0.15, 0.2) is 152 Å². The van der Waals surface area contributed by atoms with Crippen LogP contribution >= 0.6 is 0 Å². The van der Waals surface area contributed by atoms with Crippen molar-refractivity contribution < 1.29 is 0 Å². The van der Waals surface area contributed by atoms with E-state index in [0.29, 0.717) is 17.6 Å². The van der Waals surface area contributed by atoms with Gasteiger partial charge < -0.3 is 4.57 Å². The predicted octanol–water partition coefficient (Wildman–Crippen LogP) is 12.2. The first-order valence-electron chi connectivity index (χ1n) is 19.1. The molecule has 55 heavy (non-hydrogen) atoms. The second-order valence-electron chi connectivity index (χ2n) is 15.7. The summed E-state index contributed by atoms with van der Waals surface area (Å²) in [5.74, 6) is 2.11. The Morgan fingerprint density at radius 3 is 1.95 bits per heavy atom. The van der Waals surface area contributed by atoms with Crippen molar-refractivity contribution in [3.05, 3.63) is 174 Å². The third-order valence-electron chi connectivity index (χ3n) is 12.4. The molecule has 5 heteroatoms. The number of aromatic nitrogens is 5. The molecule has 0 bridgehead atoms. The highest BCUT2D eigenvalue weighted by Crippen LogP contribution is 2.51. The molecule has 0 fully saturated rings. The Morgan fingerprint density at radius 2 is 1.13 bits per heavy atom. The fraction of sp³-hybridized carbons (Fsp3) is 0.100. The molecule has 1 unspecified atom stereocenters. The van der Waals surface area contributed by atoms with E-state index in [2.05, 4.69) is 163 Å². The van der Waals surface area contributed by atoms with Gasteiger partial charge in [-0.15, -0.1) is 0 Å². The first-order valence-corrected chi connectivity index (χ1v) is 19.1. The maximum absolute atomic E-state index is 5.43. The highest BCUT2D eigenvalue weighted by Gasteiger charge is 2.36. The van der Waals surface area contributed by atoms with Gasteiger partial charge in [0, 0.05) is 49.7 Å². The summed E-state index contributed by atoms with van der Waals surface area (Å²) < 4.78 is 4.71. The lowest BCUT2D eigenvalue weighted by Crippen LogP contribution is -2.15. The van der Waals surface area contributed by atoms with Gasteiger partial charge in [0.15, 0.2) is 11.6 Å². The van der Waals surface area contributed by atoms with Crippen LogP contribution in [-0.2, 0) is 5.41 Å². The van der Waals surface area contributed by atoms with Gasteiger partial charge in [0.05, 0.1) is 22.1 Å². The average molecular weight is 706 g/mol. The number of para-hydroxylation sites is 3. The van der Waals surface area contributed by atoms with Crippen LogP contribution in [0.1, 0.15) is 48.9 Å². The summed E-state index contributed by atoms with van der Waals surface area (Å²) in [5.41, 5.74) is 15.6. The summed E-state index contributed by atoms with van der Waals surface area (Å²) >= 11 is 0. The number of benzene rings is 7. The first kappa shape index (κ1) is 30.6. The van der Waals surface area contributed by atoms with Crippen molar-refractivity contribution in [2.45, 2.75) is 32.1 Å². The van der Waals surface area contributed by atoms with Gasteiger partial charge in [0.25, 0.3) is 0 Å². The Bertz CT molecular complexity index is 3260. The maximum Gasteiger partial charge on any atom is 0.238 e. The van der Waals surface area contributed by atoms with E-state index in [0.717, 1.165) is 22.2 Å². The minimum atomic E-state index is -0.147. The summed E-state index contributed by atoms with van der Waals surface area (Å²) in [6, 6.07) is 54.8. The van der Waals surface area contributed by atoms with Crippen LogP contribution in [0.3, 0.4) is 0 Å². The van der Waals surface area contributed by atoms with Crippen molar-refractivity contribution in [3.63, 3.8) is 0 Å². The van der Waals surface area contributed by atoms with Gasteiger partial charge >= 0.3 is 0 Å². The topological polar surface area (TPSA) is 48.5 Å². The molecule has 0 spiro atoms. The fourth-order valence-electron chi connectivity index (χ4n) is 9.75. The lowest BCUT2D eigenvalue weighted by atomic mass is 9.82. The lowest BCUT2D eigenvalue weighted by molar-refractivity contribution is 0.661. The minimum absolute atomic E-state index is 0.147. The van der Waals surface area contributed by atoms with E-state index in [1.54, 1.807) is 0 Å². The van der Waals surface area contributed by atoms with Crippen LogP contribution < -0.4 is 0 Å². The second-order valence-corrected chi connectivity index (χ2v) is 15.7. The Hall–Kier alpha value is -6.85. The molecule has 7 aromatic carbocycles. The summed E-state index contributed by atoms with van der Waals surface area (Å²) in [6.45, 7) is 7.00. The molecule has 0 saturated carbocycles. The van der Waals surface area contributed by atoms with Crippen LogP contribution in [0, 0.1) is 0 Å². The third-order valence-corrected chi connectivity index (χ3v) is 12.4. The summed E-state index contributed by atoms with van der Waals surface area (Å²) in [5, 5.41) is 4.80. The number of rotatable bonds is 3. The zero-order chi connectivity index (χ0) is 36.6. The molecule has 260 valence electrons. The number of hydrogen-bond acceptors (Lipinski definition) is 3. The molecule has 0 amide bonds. The Kier molecular flexibility index (Phi) is 6.04. The zero-order valence-electron chi connectivity index (χ0n) is 30.7. The van der Waals surface area contributed by atoms with Gasteiger partial charge in [-0.25, -0.2) is 4.98 Å². The highest BCUT2D eigenvalue weighted by molar-refractivity contribution is 6.13. The standard InChI is InChI=1S/C50H35N5/c1-29-32-17-8-12-22-42(32)54-43-23-13-10-20-35(43)39-26-31(25-36(29)46(39)54)48-51-47(30-15-5-4-6-16-30)52-49(53-48)55-44-24-14-9-19-34(44)38-27-37-33-18-7-11-21-40(33)50(2,3)41(37)28-45(38)55/h4-29H,1-3H3. The van der Waals surface area contributed by atoms with Gasteiger partial charge in [-0.05, 0) is 75.8 Å². The van der Waals surface area contributed by atoms with E-state index in [1.165, 1.54) is 71.6 Å². The van der Waals surface area contributed by atoms with Crippen LogP contribution in [0.2, 0.25) is 0 Å². The van der Waals surface area contributed by atoms with Gasteiger partial charge in [0.2, 0.25) is 5.95 Å². The number of nitrogens with zero attached hydrogens (tertiary/aromatic N) is 5. The van der Waals surface area contributed by atoms with E-state index < -0.39 is 0 Å². The SMILES string of the molecule is CC1c2ccccc2-n2c3ccccc3c3cc(-c4nc(-c5ccccc5)nc(-n5c6ccccc6c6cc7c(cc65)C(C)(C)c5ccccc5-7)n4)cc1c32. The normalized spacial score (nSPS) is 15.1. The Morgan fingerprint density at radius 1 is 0.473 bits per heavy atom. The van der Waals surface area contributed by atoms with Gasteiger partial charge in [-0.1, -0.05) is 130 Å². The molecule has 12 rings (SSSR count). The summed E-state index contributed by atoms with van der Waals surface area (Å²) in [7, 11) is 0. The highest BCUT2D eigenvalue weighted by atomic mass is 15.2. The van der Waals surface area contributed by atoms with E-state index in [1.807, 2.05) is 18.2 Å².